The lowest BCUT2D eigenvalue weighted by molar-refractivity contribution is 0.0425. The molecule has 0 aliphatic carbocycles. The van der Waals surface area contributed by atoms with E-state index < -0.39 is 0 Å². The lowest BCUT2D eigenvalue weighted by Crippen LogP contribution is -2.33. The highest BCUT2D eigenvalue weighted by Crippen LogP contribution is 2.26. The molecule has 0 unspecified atom stereocenters. The fraction of sp³-hybridized carbons (Fsp3) is 0.667. The van der Waals surface area contributed by atoms with E-state index in [1.54, 1.807) is 0 Å². The van der Waals surface area contributed by atoms with E-state index in [2.05, 4.69) is 34.5 Å². The predicted octanol–water partition coefficient (Wildman–Crippen LogP) is 2.77. The van der Waals surface area contributed by atoms with Gasteiger partial charge in [0.1, 0.15) is 0 Å². The van der Waals surface area contributed by atoms with Crippen molar-refractivity contribution in [2.45, 2.75) is 38.2 Å². The Kier molecular flexibility index (Phi) is 5.67. The maximum Gasteiger partial charge on any atom is 0.0952 e. The largest absolute Gasteiger partial charge is 0.372 e. The van der Waals surface area contributed by atoms with Gasteiger partial charge in [0.05, 0.1) is 12.7 Å². The van der Waals surface area contributed by atoms with Gasteiger partial charge < -0.3 is 15.0 Å². The van der Waals surface area contributed by atoms with Crippen LogP contribution < -0.4 is 5.32 Å². The molecule has 0 saturated carbocycles. The number of hydrogen-bond acceptors (Lipinski definition) is 3. The number of likely N-dealkylation sites (tertiary alicyclic amines) is 1. The first-order valence-corrected chi connectivity index (χ1v) is 8.56. The van der Waals surface area contributed by atoms with Crippen molar-refractivity contribution in [1.82, 2.24) is 10.2 Å². The number of benzene rings is 1. The summed E-state index contributed by atoms with van der Waals surface area (Å²) in [4.78, 5) is 2.61. The Morgan fingerprint density at radius 2 is 2.00 bits per heavy atom. The molecule has 0 radical (unpaired) electrons. The summed E-state index contributed by atoms with van der Waals surface area (Å²) < 4.78 is 5.93. The molecule has 2 heterocycles. The SMILES string of the molecule is c1ccc2c(c1)CCO[C@H]2CNCCCN1CCCCC1. The minimum absolute atomic E-state index is 0.241. The van der Waals surface area contributed by atoms with Crippen LogP contribution in [0, 0.1) is 0 Å². The summed E-state index contributed by atoms with van der Waals surface area (Å²) in [6, 6.07) is 8.71. The van der Waals surface area contributed by atoms with E-state index in [0.717, 1.165) is 26.1 Å². The minimum atomic E-state index is 0.241. The summed E-state index contributed by atoms with van der Waals surface area (Å²) >= 11 is 0. The highest BCUT2D eigenvalue weighted by molar-refractivity contribution is 5.31. The van der Waals surface area contributed by atoms with Gasteiger partial charge in [0.25, 0.3) is 0 Å². The van der Waals surface area contributed by atoms with Gasteiger partial charge in [0.2, 0.25) is 0 Å². The zero-order valence-corrected chi connectivity index (χ0v) is 13.0. The molecule has 1 aromatic carbocycles. The maximum atomic E-state index is 5.93. The van der Waals surface area contributed by atoms with Crippen molar-refractivity contribution < 1.29 is 4.74 Å². The Labute approximate surface area is 128 Å². The number of hydrogen-bond donors (Lipinski definition) is 1. The van der Waals surface area contributed by atoms with Gasteiger partial charge in [0, 0.05) is 6.54 Å². The summed E-state index contributed by atoms with van der Waals surface area (Å²) in [7, 11) is 0. The third-order valence-electron chi connectivity index (χ3n) is 4.70. The molecule has 1 saturated heterocycles. The molecule has 3 rings (SSSR count). The highest BCUT2D eigenvalue weighted by Gasteiger charge is 2.19. The minimum Gasteiger partial charge on any atom is -0.372 e. The summed E-state index contributed by atoms with van der Waals surface area (Å²) in [6.45, 7) is 6.75. The van der Waals surface area contributed by atoms with E-state index in [4.69, 9.17) is 4.74 Å². The molecule has 2 aliphatic heterocycles. The molecule has 1 atom stereocenters. The molecule has 3 nitrogen and oxygen atoms in total. The van der Waals surface area contributed by atoms with Gasteiger partial charge in [-0.1, -0.05) is 30.7 Å². The molecule has 0 bridgehead atoms. The van der Waals surface area contributed by atoms with Crippen LogP contribution in [0.1, 0.15) is 42.9 Å². The molecule has 1 aromatic rings. The maximum absolute atomic E-state index is 5.93. The molecule has 0 spiro atoms. The standard InChI is InChI=1S/C18H28N2O/c1-4-11-20(12-5-1)13-6-10-19-15-18-17-8-3-2-7-16(17)9-14-21-18/h2-3,7-8,18-19H,1,4-6,9-15H2/t18-/m0/s1. The first-order chi connectivity index (χ1) is 10.4. The predicted molar refractivity (Wildman–Crippen MR) is 86.6 cm³/mol. The first-order valence-electron chi connectivity index (χ1n) is 8.56. The van der Waals surface area contributed by atoms with Crippen molar-refractivity contribution in [2.75, 3.05) is 39.3 Å². The molecule has 0 aromatic heterocycles. The van der Waals surface area contributed by atoms with Crippen molar-refractivity contribution in [1.29, 1.82) is 0 Å². The van der Waals surface area contributed by atoms with Crippen LogP contribution in [0.4, 0.5) is 0 Å². The van der Waals surface area contributed by atoms with Crippen LogP contribution in [-0.4, -0.2) is 44.2 Å². The van der Waals surface area contributed by atoms with E-state index in [9.17, 15) is 0 Å². The van der Waals surface area contributed by atoms with Gasteiger partial charge in [-0.15, -0.1) is 0 Å². The average Bonchev–Trinajstić information content (AvgIpc) is 2.56. The van der Waals surface area contributed by atoms with Gasteiger partial charge in [-0.3, -0.25) is 0 Å². The number of nitrogens with zero attached hydrogens (tertiary/aromatic N) is 1. The summed E-state index contributed by atoms with van der Waals surface area (Å²) in [5.74, 6) is 0. The van der Waals surface area contributed by atoms with Crippen molar-refractivity contribution in [3.8, 4) is 0 Å². The average molecular weight is 288 g/mol. The lowest BCUT2D eigenvalue weighted by Gasteiger charge is -2.27. The second kappa shape index (κ2) is 7.92. The van der Waals surface area contributed by atoms with Gasteiger partial charge in [0.15, 0.2) is 0 Å². The van der Waals surface area contributed by atoms with Crippen LogP contribution in [-0.2, 0) is 11.2 Å². The van der Waals surface area contributed by atoms with Gasteiger partial charge in [-0.05, 0) is 63.0 Å². The van der Waals surface area contributed by atoms with Crippen molar-refractivity contribution in [3.05, 3.63) is 35.4 Å². The Bertz CT molecular complexity index is 429. The zero-order valence-electron chi connectivity index (χ0n) is 13.0. The van der Waals surface area contributed by atoms with Crippen molar-refractivity contribution >= 4 is 0 Å². The summed E-state index contributed by atoms with van der Waals surface area (Å²) in [5.41, 5.74) is 2.84. The van der Waals surface area contributed by atoms with E-state index in [0.29, 0.717) is 0 Å². The lowest BCUT2D eigenvalue weighted by atomic mass is 9.97. The molecule has 2 aliphatic rings. The van der Waals surface area contributed by atoms with Crippen LogP contribution in [0.2, 0.25) is 0 Å². The number of rotatable bonds is 6. The third-order valence-corrected chi connectivity index (χ3v) is 4.70. The van der Waals surface area contributed by atoms with Crippen LogP contribution in [0.25, 0.3) is 0 Å². The molecule has 21 heavy (non-hydrogen) atoms. The number of ether oxygens (including phenoxy) is 1. The summed E-state index contributed by atoms with van der Waals surface area (Å²) in [5, 5.41) is 3.58. The van der Waals surface area contributed by atoms with E-state index in [-0.39, 0.29) is 6.10 Å². The van der Waals surface area contributed by atoms with Crippen LogP contribution in [0.3, 0.4) is 0 Å². The van der Waals surface area contributed by atoms with Crippen molar-refractivity contribution in [3.63, 3.8) is 0 Å². The quantitative estimate of drug-likeness (QED) is 0.815. The number of fused-ring (bicyclic) bond motifs is 1. The van der Waals surface area contributed by atoms with E-state index in [1.165, 1.54) is 56.4 Å². The number of piperidine rings is 1. The Balaban J connectivity index is 1.36. The van der Waals surface area contributed by atoms with Crippen LogP contribution >= 0.6 is 0 Å². The topological polar surface area (TPSA) is 24.5 Å². The monoisotopic (exact) mass is 288 g/mol. The first kappa shape index (κ1) is 15.0. The molecule has 1 N–H and O–H groups in total. The Morgan fingerprint density at radius 1 is 1.14 bits per heavy atom. The fourth-order valence-electron chi connectivity index (χ4n) is 3.49. The van der Waals surface area contributed by atoms with E-state index in [1.807, 2.05) is 0 Å². The Morgan fingerprint density at radius 3 is 2.90 bits per heavy atom. The zero-order chi connectivity index (χ0) is 14.3. The highest BCUT2D eigenvalue weighted by atomic mass is 16.5. The van der Waals surface area contributed by atoms with Crippen molar-refractivity contribution in [2.24, 2.45) is 0 Å². The molecule has 1 fully saturated rings. The van der Waals surface area contributed by atoms with E-state index >= 15 is 0 Å². The van der Waals surface area contributed by atoms with Gasteiger partial charge in [-0.25, -0.2) is 0 Å². The molecule has 0 amide bonds. The Hall–Kier alpha value is -0.900. The molecular weight excluding hydrogens is 260 g/mol. The number of nitrogens with one attached hydrogen (secondary N) is 1. The second-order valence-electron chi connectivity index (χ2n) is 6.27. The second-order valence-corrected chi connectivity index (χ2v) is 6.27. The summed E-state index contributed by atoms with van der Waals surface area (Å²) in [6.07, 6.45) is 6.74. The van der Waals surface area contributed by atoms with Crippen LogP contribution in [0.15, 0.2) is 24.3 Å². The third kappa shape index (κ3) is 4.29. The van der Waals surface area contributed by atoms with Gasteiger partial charge in [-0.2, -0.15) is 0 Å². The van der Waals surface area contributed by atoms with Gasteiger partial charge >= 0.3 is 0 Å². The smallest absolute Gasteiger partial charge is 0.0952 e. The molecule has 3 heteroatoms. The molecular formula is C18H28N2O. The van der Waals surface area contributed by atoms with Crippen LogP contribution in [0.5, 0.6) is 0 Å². The fourth-order valence-corrected chi connectivity index (χ4v) is 3.49. The normalized spacial score (nSPS) is 23.0. The molecule has 116 valence electrons.